The Kier molecular flexibility index (Phi) is 4.93. The van der Waals surface area contributed by atoms with Gasteiger partial charge in [-0.25, -0.2) is 0 Å². The van der Waals surface area contributed by atoms with E-state index in [-0.39, 0.29) is 11.9 Å². The first-order valence-corrected chi connectivity index (χ1v) is 7.65. The van der Waals surface area contributed by atoms with Crippen LogP contribution in [0, 0.1) is 0 Å². The molecule has 18 heavy (non-hydrogen) atoms. The molecule has 2 nitrogen and oxygen atoms in total. The number of alkyl halides is 1. The molecule has 1 aliphatic rings. The molecule has 0 bridgehead atoms. The second-order valence-corrected chi connectivity index (χ2v) is 6.44. The van der Waals surface area contributed by atoms with Gasteiger partial charge in [-0.2, -0.15) is 0 Å². The van der Waals surface area contributed by atoms with Crippen LogP contribution in [0.2, 0.25) is 10.0 Å². The minimum absolute atomic E-state index is 0.154. The van der Waals surface area contributed by atoms with Crippen molar-refractivity contribution in [1.82, 2.24) is 5.32 Å². The predicted molar refractivity (Wildman–Crippen MR) is 78.9 cm³/mol. The molecule has 0 aliphatic heterocycles. The molecule has 1 N–H and O–H groups in total. The molecule has 0 saturated heterocycles. The molecule has 2 rings (SSSR count). The first kappa shape index (κ1) is 14.2. The van der Waals surface area contributed by atoms with Crippen LogP contribution < -0.4 is 5.32 Å². The number of benzene rings is 1. The first-order chi connectivity index (χ1) is 8.59. The Bertz CT molecular complexity index is 453. The SMILES string of the molecule is O=C(NC1CCCCC1Br)c1cccc(Cl)c1Cl. The summed E-state index contributed by atoms with van der Waals surface area (Å²) < 4.78 is 0. The summed E-state index contributed by atoms with van der Waals surface area (Å²) in [6.07, 6.45) is 4.45. The number of carbonyl (C=O) groups is 1. The summed E-state index contributed by atoms with van der Waals surface area (Å²) in [5.74, 6) is -0.154. The zero-order chi connectivity index (χ0) is 13.1. The monoisotopic (exact) mass is 349 g/mol. The van der Waals surface area contributed by atoms with Crippen LogP contribution in [0.15, 0.2) is 18.2 Å². The largest absolute Gasteiger partial charge is 0.348 e. The van der Waals surface area contributed by atoms with E-state index in [9.17, 15) is 4.79 Å². The van der Waals surface area contributed by atoms with E-state index < -0.39 is 0 Å². The fourth-order valence-electron chi connectivity index (χ4n) is 2.17. The molecule has 0 aromatic heterocycles. The topological polar surface area (TPSA) is 29.1 Å². The molecule has 98 valence electrons. The molecular formula is C13H14BrCl2NO. The third kappa shape index (κ3) is 3.19. The highest BCUT2D eigenvalue weighted by atomic mass is 79.9. The van der Waals surface area contributed by atoms with Crippen molar-refractivity contribution >= 4 is 45.0 Å². The summed E-state index contributed by atoms with van der Waals surface area (Å²) >= 11 is 15.6. The third-order valence-electron chi connectivity index (χ3n) is 3.19. The number of halogens is 3. The minimum Gasteiger partial charge on any atom is -0.348 e. The fraction of sp³-hybridized carbons (Fsp3) is 0.462. The maximum Gasteiger partial charge on any atom is 0.253 e. The Hall–Kier alpha value is -0.250. The van der Waals surface area contributed by atoms with Crippen molar-refractivity contribution < 1.29 is 4.79 Å². The van der Waals surface area contributed by atoms with Gasteiger partial charge in [0.1, 0.15) is 0 Å². The quantitative estimate of drug-likeness (QED) is 0.785. The minimum atomic E-state index is -0.154. The van der Waals surface area contributed by atoms with Crippen molar-refractivity contribution in [2.75, 3.05) is 0 Å². The van der Waals surface area contributed by atoms with Gasteiger partial charge in [-0.3, -0.25) is 4.79 Å². The molecule has 5 heteroatoms. The number of carbonyl (C=O) groups excluding carboxylic acids is 1. The van der Waals surface area contributed by atoms with Crippen LogP contribution in [-0.2, 0) is 0 Å². The summed E-state index contributed by atoms with van der Waals surface area (Å²) in [5.41, 5.74) is 0.439. The van der Waals surface area contributed by atoms with E-state index in [1.54, 1.807) is 18.2 Å². The van der Waals surface area contributed by atoms with E-state index in [1.807, 2.05) is 0 Å². The molecule has 1 aliphatic carbocycles. The highest BCUT2D eigenvalue weighted by molar-refractivity contribution is 9.09. The van der Waals surface area contributed by atoms with Crippen molar-refractivity contribution in [3.63, 3.8) is 0 Å². The Morgan fingerprint density at radius 3 is 2.72 bits per heavy atom. The number of rotatable bonds is 2. The molecule has 0 spiro atoms. The van der Waals surface area contributed by atoms with Gasteiger partial charge in [-0.15, -0.1) is 0 Å². The molecule has 0 heterocycles. The zero-order valence-electron chi connectivity index (χ0n) is 9.76. The van der Waals surface area contributed by atoms with E-state index in [0.717, 1.165) is 19.3 Å². The molecule has 1 aromatic rings. The van der Waals surface area contributed by atoms with Gasteiger partial charge in [0, 0.05) is 10.9 Å². The lowest BCUT2D eigenvalue weighted by atomic mass is 9.95. The summed E-state index contributed by atoms with van der Waals surface area (Å²) in [6, 6.07) is 5.26. The summed E-state index contributed by atoms with van der Waals surface area (Å²) in [4.78, 5) is 12.5. The predicted octanol–water partition coefficient (Wildman–Crippen LogP) is 4.43. The first-order valence-electron chi connectivity index (χ1n) is 5.98. The highest BCUT2D eigenvalue weighted by Gasteiger charge is 2.25. The second kappa shape index (κ2) is 6.27. The van der Waals surface area contributed by atoms with Gasteiger partial charge in [-0.05, 0) is 25.0 Å². The Balaban J connectivity index is 2.09. The summed E-state index contributed by atoms with van der Waals surface area (Å²) in [5, 5.41) is 3.75. The van der Waals surface area contributed by atoms with Crippen molar-refractivity contribution in [3.8, 4) is 0 Å². The molecule has 2 atom stereocenters. The van der Waals surface area contributed by atoms with Crippen LogP contribution >= 0.6 is 39.1 Å². The van der Waals surface area contributed by atoms with Gasteiger partial charge in [0.05, 0.1) is 15.6 Å². The fourth-order valence-corrected chi connectivity index (χ4v) is 3.28. The number of nitrogens with one attached hydrogen (secondary N) is 1. The maximum absolute atomic E-state index is 12.2. The highest BCUT2D eigenvalue weighted by Crippen LogP contribution is 2.27. The molecular weight excluding hydrogens is 337 g/mol. The van der Waals surface area contributed by atoms with Crippen LogP contribution in [0.1, 0.15) is 36.0 Å². The second-order valence-electron chi connectivity index (χ2n) is 4.48. The van der Waals surface area contributed by atoms with Crippen LogP contribution in [-0.4, -0.2) is 16.8 Å². The normalized spacial score (nSPS) is 23.7. The molecule has 2 unspecified atom stereocenters. The maximum atomic E-state index is 12.2. The van der Waals surface area contributed by atoms with E-state index >= 15 is 0 Å². The van der Waals surface area contributed by atoms with Crippen molar-refractivity contribution in [2.45, 2.75) is 36.6 Å². The lowest BCUT2D eigenvalue weighted by molar-refractivity contribution is 0.0930. The molecule has 1 fully saturated rings. The van der Waals surface area contributed by atoms with Crippen molar-refractivity contribution in [2.24, 2.45) is 0 Å². The van der Waals surface area contributed by atoms with Gasteiger partial charge >= 0.3 is 0 Å². The summed E-state index contributed by atoms with van der Waals surface area (Å²) in [7, 11) is 0. The van der Waals surface area contributed by atoms with Crippen LogP contribution in [0.5, 0.6) is 0 Å². The summed E-state index contributed by atoms with van der Waals surface area (Å²) in [6.45, 7) is 0. The van der Waals surface area contributed by atoms with Crippen LogP contribution in [0.4, 0.5) is 0 Å². The zero-order valence-corrected chi connectivity index (χ0v) is 12.9. The number of amides is 1. The van der Waals surface area contributed by atoms with E-state index in [1.165, 1.54) is 6.42 Å². The number of hydrogen-bond donors (Lipinski definition) is 1. The average Bonchev–Trinajstić information content (AvgIpc) is 2.35. The molecule has 1 saturated carbocycles. The van der Waals surface area contributed by atoms with Crippen molar-refractivity contribution in [3.05, 3.63) is 33.8 Å². The van der Waals surface area contributed by atoms with Gasteiger partial charge < -0.3 is 5.32 Å². The average molecular weight is 351 g/mol. The van der Waals surface area contributed by atoms with E-state index in [4.69, 9.17) is 23.2 Å². The standard InChI is InChI=1S/C13H14BrCl2NO/c14-9-5-1-2-7-11(9)17-13(18)8-4-3-6-10(15)12(8)16/h3-4,6,9,11H,1-2,5,7H2,(H,17,18). The van der Waals surface area contributed by atoms with E-state index in [0.29, 0.717) is 20.4 Å². The Morgan fingerprint density at radius 1 is 1.28 bits per heavy atom. The van der Waals surface area contributed by atoms with Gasteiger partial charge in [0.15, 0.2) is 0 Å². The van der Waals surface area contributed by atoms with Gasteiger partial charge in [0.25, 0.3) is 5.91 Å². The van der Waals surface area contributed by atoms with Crippen LogP contribution in [0.3, 0.4) is 0 Å². The lowest BCUT2D eigenvalue weighted by Crippen LogP contribution is -2.42. The molecule has 1 aromatic carbocycles. The molecule has 1 amide bonds. The van der Waals surface area contributed by atoms with Crippen LogP contribution in [0.25, 0.3) is 0 Å². The van der Waals surface area contributed by atoms with Crippen molar-refractivity contribution in [1.29, 1.82) is 0 Å². The third-order valence-corrected chi connectivity index (χ3v) is 5.11. The van der Waals surface area contributed by atoms with E-state index in [2.05, 4.69) is 21.2 Å². The molecule has 0 radical (unpaired) electrons. The Morgan fingerprint density at radius 2 is 2.00 bits per heavy atom. The van der Waals surface area contributed by atoms with Gasteiger partial charge in [-0.1, -0.05) is 58.0 Å². The van der Waals surface area contributed by atoms with Gasteiger partial charge in [0.2, 0.25) is 0 Å². The number of hydrogen-bond acceptors (Lipinski definition) is 1. The lowest BCUT2D eigenvalue weighted by Gasteiger charge is -2.28. The smallest absolute Gasteiger partial charge is 0.253 e. The Labute approximate surface area is 125 Å².